The van der Waals surface area contributed by atoms with E-state index in [2.05, 4.69) is 20.9 Å². The van der Waals surface area contributed by atoms with Crippen molar-refractivity contribution in [3.8, 4) is 5.75 Å². The van der Waals surface area contributed by atoms with Gasteiger partial charge in [-0.1, -0.05) is 17.7 Å². The maximum absolute atomic E-state index is 5.78. The molecule has 94 valence electrons. The number of para-hydroxylation sites is 1. The van der Waals surface area contributed by atoms with Crippen LogP contribution in [0.15, 0.2) is 39.8 Å². The average Bonchev–Trinajstić information content (AvgIpc) is 2.30. The summed E-state index contributed by atoms with van der Waals surface area (Å²) in [4.78, 5) is 4.51. The molecule has 4 heteroatoms. The van der Waals surface area contributed by atoms with Crippen LogP contribution in [0.1, 0.15) is 12.6 Å². The van der Waals surface area contributed by atoms with E-state index in [-0.39, 0.29) is 0 Å². The zero-order chi connectivity index (χ0) is 13.1. The van der Waals surface area contributed by atoms with Crippen LogP contribution in [0, 0.1) is 6.92 Å². The van der Waals surface area contributed by atoms with E-state index < -0.39 is 0 Å². The highest BCUT2D eigenvalue weighted by atomic mass is 79.9. The Morgan fingerprint density at radius 3 is 3.00 bits per heavy atom. The average molecular weight is 327 g/mol. The van der Waals surface area contributed by atoms with Gasteiger partial charge in [0.2, 0.25) is 0 Å². The molecule has 1 aromatic carbocycles. The summed E-state index contributed by atoms with van der Waals surface area (Å²) in [5.74, 6) is 0.827. The molecule has 0 aliphatic carbocycles. The lowest BCUT2D eigenvalue weighted by Crippen LogP contribution is -1.97. The fourth-order valence-electron chi connectivity index (χ4n) is 1.67. The maximum Gasteiger partial charge on any atom is 0.131 e. The molecular weight excluding hydrogens is 314 g/mol. The topological polar surface area (TPSA) is 22.1 Å². The summed E-state index contributed by atoms with van der Waals surface area (Å²) in [7, 11) is 0. The first-order valence-corrected chi connectivity index (χ1v) is 6.76. The number of fused-ring (bicyclic) bond motifs is 1. The SMILES string of the molecule is C/C(Cl)=C/COc1cc(C)nc2c(Br)cccc12. The lowest BCUT2D eigenvalue weighted by Gasteiger charge is -2.09. The number of aryl methyl sites for hydroxylation is 1. The Hall–Kier alpha value is -1.06. The van der Waals surface area contributed by atoms with Crippen LogP contribution < -0.4 is 4.74 Å². The molecule has 0 saturated heterocycles. The quantitative estimate of drug-likeness (QED) is 0.806. The van der Waals surface area contributed by atoms with E-state index in [4.69, 9.17) is 16.3 Å². The zero-order valence-corrected chi connectivity index (χ0v) is 12.5. The van der Waals surface area contributed by atoms with E-state index in [1.54, 1.807) is 0 Å². The molecule has 2 rings (SSSR count). The van der Waals surface area contributed by atoms with Crippen molar-refractivity contribution in [1.29, 1.82) is 0 Å². The second kappa shape index (κ2) is 5.72. The third-order valence-electron chi connectivity index (χ3n) is 2.48. The second-order valence-corrected chi connectivity index (χ2v) is 5.45. The summed E-state index contributed by atoms with van der Waals surface area (Å²) >= 11 is 9.29. The van der Waals surface area contributed by atoms with Crippen molar-refractivity contribution in [2.45, 2.75) is 13.8 Å². The molecule has 0 N–H and O–H groups in total. The summed E-state index contributed by atoms with van der Waals surface area (Å²) in [6.07, 6.45) is 1.83. The predicted octanol–water partition coefficient (Wildman–Crippen LogP) is 4.83. The number of pyridine rings is 1. The van der Waals surface area contributed by atoms with E-state index in [1.807, 2.05) is 44.2 Å². The molecule has 1 aromatic heterocycles. The predicted molar refractivity (Wildman–Crippen MR) is 79.3 cm³/mol. The third kappa shape index (κ3) is 3.03. The minimum atomic E-state index is 0.459. The number of allylic oxidation sites excluding steroid dienone is 1. The maximum atomic E-state index is 5.78. The Kier molecular flexibility index (Phi) is 4.25. The Labute approximate surface area is 120 Å². The van der Waals surface area contributed by atoms with E-state index in [0.717, 1.165) is 31.9 Å². The van der Waals surface area contributed by atoms with E-state index in [0.29, 0.717) is 6.61 Å². The van der Waals surface area contributed by atoms with Crippen molar-refractivity contribution in [1.82, 2.24) is 4.98 Å². The normalized spacial score (nSPS) is 11.9. The van der Waals surface area contributed by atoms with Crippen molar-refractivity contribution in [3.63, 3.8) is 0 Å². The van der Waals surface area contributed by atoms with Crippen LogP contribution in [-0.4, -0.2) is 11.6 Å². The number of hydrogen-bond donors (Lipinski definition) is 0. The smallest absolute Gasteiger partial charge is 0.131 e. The van der Waals surface area contributed by atoms with Crippen molar-refractivity contribution in [3.05, 3.63) is 45.5 Å². The van der Waals surface area contributed by atoms with E-state index in [1.165, 1.54) is 0 Å². The summed E-state index contributed by atoms with van der Waals surface area (Å²) in [6, 6.07) is 7.88. The van der Waals surface area contributed by atoms with Gasteiger partial charge in [0.15, 0.2) is 0 Å². The Bertz CT molecular complexity index is 606. The molecular formula is C14H13BrClNO. The van der Waals surface area contributed by atoms with Gasteiger partial charge in [-0.15, -0.1) is 0 Å². The van der Waals surface area contributed by atoms with Crippen LogP contribution in [0.4, 0.5) is 0 Å². The third-order valence-corrected chi connectivity index (χ3v) is 3.28. The van der Waals surface area contributed by atoms with Crippen molar-refractivity contribution in [2.24, 2.45) is 0 Å². The Morgan fingerprint density at radius 2 is 2.28 bits per heavy atom. The number of benzene rings is 1. The lowest BCUT2D eigenvalue weighted by molar-refractivity contribution is 0.366. The van der Waals surface area contributed by atoms with Gasteiger partial charge >= 0.3 is 0 Å². The molecule has 0 atom stereocenters. The molecule has 0 bridgehead atoms. The van der Waals surface area contributed by atoms with Crippen molar-refractivity contribution in [2.75, 3.05) is 6.61 Å². The number of halogens is 2. The van der Waals surface area contributed by atoms with Gasteiger partial charge in [-0.3, -0.25) is 4.98 Å². The highest BCUT2D eigenvalue weighted by Gasteiger charge is 2.07. The first kappa shape index (κ1) is 13.4. The van der Waals surface area contributed by atoms with Crippen LogP contribution in [0.3, 0.4) is 0 Å². The summed E-state index contributed by atoms with van der Waals surface area (Å²) < 4.78 is 6.71. The summed E-state index contributed by atoms with van der Waals surface area (Å²) in [5.41, 5.74) is 1.84. The van der Waals surface area contributed by atoms with E-state index >= 15 is 0 Å². The van der Waals surface area contributed by atoms with Crippen molar-refractivity contribution < 1.29 is 4.74 Å². The molecule has 1 heterocycles. The highest BCUT2D eigenvalue weighted by Crippen LogP contribution is 2.30. The molecule has 0 unspecified atom stereocenters. The molecule has 0 aliphatic heterocycles. The molecule has 0 aliphatic rings. The lowest BCUT2D eigenvalue weighted by atomic mass is 10.2. The molecule has 0 radical (unpaired) electrons. The van der Waals surface area contributed by atoms with Gasteiger partial charge in [0, 0.05) is 26.7 Å². The zero-order valence-electron chi connectivity index (χ0n) is 10.2. The number of rotatable bonds is 3. The van der Waals surface area contributed by atoms with Gasteiger partial charge in [0.1, 0.15) is 12.4 Å². The molecule has 18 heavy (non-hydrogen) atoms. The minimum absolute atomic E-state index is 0.459. The van der Waals surface area contributed by atoms with E-state index in [9.17, 15) is 0 Å². The van der Waals surface area contributed by atoms with Gasteiger partial charge < -0.3 is 4.74 Å². The summed E-state index contributed by atoms with van der Waals surface area (Å²) in [6.45, 7) is 4.24. The van der Waals surface area contributed by atoms with Crippen molar-refractivity contribution >= 4 is 38.4 Å². The molecule has 0 amide bonds. The Morgan fingerprint density at radius 1 is 1.50 bits per heavy atom. The van der Waals surface area contributed by atoms with Crippen LogP contribution >= 0.6 is 27.5 Å². The standard InChI is InChI=1S/C14H13BrClNO/c1-9(16)6-7-18-13-8-10(2)17-14-11(13)4-3-5-12(14)15/h3-6,8H,7H2,1-2H3/b9-6-. The van der Waals surface area contributed by atoms with Gasteiger partial charge in [-0.05, 0) is 48.0 Å². The fourth-order valence-corrected chi connectivity index (χ4v) is 2.19. The molecule has 0 fully saturated rings. The number of hydrogen-bond acceptors (Lipinski definition) is 2. The Balaban J connectivity index is 2.43. The first-order chi connectivity index (χ1) is 8.58. The van der Waals surface area contributed by atoms with Crippen LogP contribution in [0.2, 0.25) is 0 Å². The molecule has 2 nitrogen and oxygen atoms in total. The largest absolute Gasteiger partial charge is 0.489 e. The second-order valence-electron chi connectivity index (χ2n) is 4.00. The number of aromatic nitrogens is 1. The van der Waals surface area contributed by atoms with Gasteiger partial charge in [0.25, 0.3) is 0 Å². The summed E-state index contributed by atoms with van der Waals surface area (Å²) in [5, 5.41) is 1.72. The number of nitrogens with zero attached hydrogens (tertiary/aromatic N) is 1. The van der Waals surface area contributed by atoms with Gasteiger partial charge in [-0.25, -0.2) is 0 Å². The first-order valence-electron chi connectivity index (χ1n) is 5.59. The molecule has 0 spiro atoms. The monoisotopic (exact) mass is 325 g/mol. The minimum Gasteiger partial charge on any atom is -0.489 e. The van der Waals surface area contributed by atoms with Crippen LogP contribution in [0.5, 0.6) is 5.75 Å². The fraction of sp³-hybridized carbons (Fsp3) is 0.214. The highest BCUT2D eigenvalue weighted by molar-refractivity contribution is 9.10. The van der Waals surface area contributed by atoms with Crippen LogP contribution in [-0.2, 0) is 0 Å². The van der Waals surface area contributed by atoms with Gasteiger partial charge in [0.05, 0.1) is 5.52 Å². The molecule has 2 aromatic rings. The van der Waals surface area contributed by atoms with Gasteiger partial charge in [-0.2, -0.15) is 0 Å². The number of ether oxygens (including phenoxy) is 1. The molecule has 0 saturated carbocycles. The van der Waals surface area contributed by atoms with Crippen LogP contribution in [0.25, 0.3) is 10.9 Å².